The SMILES string of the molecule is CC1CCCC(CCl)(NC(=O)c2ccc(F)cc2Br)C1. The van der Waals surface area contributed by atoms with Crippen molar-refractivity contribution in [1.29, 1.82) is 0 Å². The van der Waals surface area contributed by atoms with E-state index in [0.29, 0.717) is 21.8 Å². The quantitative estimate of drug-likeness (QED) is 0.788. The standard InChI is InChI=1S/C15H18BrClFNO/c1-10-3-2-6-15(8-10,9-17)19-14(20)12-5-4-11(18)7-13(12)16/h4-5,7,10H,2-3,6,8-9H2,1H3,(H,19,20). The molecule has 1 amide bonds. The van der Waals surface area contributed by atoms with Crippen LogP contribution >= 0.6 is 27.5 Å². The van der Waals surface area contributed by atoms with Gasteiger partial charge in [-0.1, -0.05) is 19.8 Å². The van der Waals surface area contributed by atoms with Gasteiger partial charge in [-0.2, -0.15) is 0 Å². The van der Waals surface area contributed by atoms with Crippen LogP contribution in [0.3, 0.4) is 0 Å². The van der Waals surface area contributed by atoms with Gasteiger partial charge in [0, 0.05) is 10.4 Å². The van der Waals surface area contributed by atoms with Gasteiger partial charge in [0.15, 0.2) is 0 Å². The highest BCUT2D eigenvalue weighted by Crippen LogP contribution is 2.33. The van der Waals surface area contributed by atoms with Crippen molar-refractivity contribution in [3.63, 3.8) is 0 Å². The lowest BCUT2D eigenvalue weighted by Crippen LogP contribution is -2.52. The van der Waals surface area contributed by atoms with Crippen molar-refractivity contribution in [3.8, 4) is 0 Å². The minimum atomic E-state index is -0.369. The fourth-order valence-corrected chi connectivity index (χ4v) is 3.75. The number of carbonyl (C=O) groups is 1. The third-order valence-corrected chi connectivity index (χ3v) is 5.07. The molecule has 1 aliphatic carbocycles. The average molecular weight is 363 g/mol. The molecule has 2 rings (SSSR count). The van der Waals surface area contributed by atoms with E-state index >= 15 is 0 Å². The zero-order valence-electron chi connectivity index (χ0n) is 11.4. The normalized spacial score (nSPS) is 26.3. The predicted octanol–water partition coefficient (Wildman–Crippen LogP) is 4.51. The summed E-state index contributed by atoms with van der Waals surface area (Å²) in [6.07, 6.45) is 4.03. The van der Waals surface area contributed by atoms with Crippen LogP contribution in [0.15, 0.2) is 22.7 Å². The minimum Gasteiger partial charge on any atom is -0.345 e. The molecule has 0 bridgehead atoms. The van der Waals surface area contributed by atoms with Crippen molar-refractivity contribution in [2.45, 2.75) is 38.1 Å². The molecule has 2 nitrogen and oxygen atoms in total. The Bertz CT molecular complexity index is 511. The monoisotopic (exact) mass is 361 g/mol. The second-order valence-electron chi connectivity index (χ2n) is 5.69. The number of rotatable bonds is 3. The van der Waals surface area contributed by atoms with Crippen LogP contribution in [0.2, 0.25) is 0 Å². The summed E-state index contributed by atoms with van der Waals surface area (Å²) >= 11 is 9.34. The summed E-state index contributed by atoms with van der Waals surface area (Å²) in [6, 6.07) is 4.07. The highest BCUT2D eigenvalue weighted by Gasteiger charge is 2.36. The highest BCUT2D eigenvalue weighted by molar-refractivity contribution is 9.10. The van der Waals surface area contributed by atoms with Gasteiger partial charge in [-0.15, -0.1) is 11.6 Å². The van der Waals surface area contributed by atoms with E-state index in [0.717, 1.165) is 19.3 Å². The first kappa shape index (κ1) is 15.8. The van der Waals surface area contributed by atoms with Crippen LogP contribution in [0.25, 0.3) is 0 Å². The van der Waals surface area contributed by atoms with Crippen molar-refractivity contribution in [1.82, 2.24) is 5.32 Å². The zero-order chi connectivity index (χ0) is 14.8. The minimum absolute atomic E-state index is 0.202. The fraction of sp³-hybridized carbons (Fsp3) is 0.533. The summed E-state index contributed by atoms with van der Waals surface area (Å²) in [5.74, 6) is 0.389. The number of hydrogen-bond acceptors (Lipinski definition) is 1. The molecule has 1 N–H and O–H groups in total. The van der Waals surface area contributed by atoms with Crippen molar-refractivity contribution < 1.29 is 9.18 Å². The summed E-state index contributed by atoms with van der Waals surface area (Å²) in [6.45, 7) is 2.18. The topological polar surface area (TPSA) is 29.1 Å². The first-order chi connectivity index (χ1) is 9.46. The Hall–Kier alpha value is -0.610. The van der Waals surface area contributed by atoms with Gasteiger partial charge in [0.1, 0.15) is 5.82 Å². The number of halogens is 3. The maximum Gasteiger partial charge on any atom is 0.252 e. The molecule has 2 unspecified atom stereocenters. The predicted molar refractivity (Wildman–Crippen MR) is 82.6 cm³/mol. The largest absolute Gasteiger partial charge is 0.345 e. The second kappa shape index (κ2) is 6.44. The number of nitrogens with one attached hydrogen (secondary N) is 1. The summed E-state index contributed by atoms with van der Waals surface area (Å²) in [5.41, 5.74) is 0.0959. The van der Waals surface area contributed by atoms with Crippen LogP contribution in [0, 0.1) is 11.7 Å². The maximum atomic E-state index is 13.1. The molecule has 1 fully saturated rings. The summed E-state index contributed by atoms with van der Waals surface area (Å²) in [7, 11) is 0. The smallest absolute Gasteiger partial charge is 0.252 e. The van der Waals surface area contributed by atoms with Gasteiger partial charge in [-0.3, -0.25) is 4.79 Å². The van der Waals surface area contributed by atoms with Gasteiger partial charge in [0.2, 0.25) is 0 Å². The van der Waals surface area contributed by atoms with Gasteiger partial charge in [0.05, 0.1) is 11.1 Å². The van der Waals surface area contributed by atoms with Crippen LogP contribution in [-0.4, -0.2) is 17.3 Å². The fourth-order valence-electron chi connectivity index (χ4n) is 2.91. The summed E-state index contributed by atoms with van der Waals surface area (Å²) in [4.78, 5) is 12.4. The summed E-state index contributed by atoms with van der Waals surface area (Å²) < 4.78 is 13.5. The molecule has 0 saturated heterocycles. The molecule has 1 aliphatic rings. The zero-order valence-corrected chi connectivity index (χ0v) is 13.7. The van der Waals surface area contributed by atoms with Crippen LogP contribution < -0.4 is 5.32 Å². The Morgan fingerprint density at radius 1 is 1.60 bits per heavy atom. The molecule has 0 spiro atoms. The third-order valence-electron chi connectivity index (χ3n) is 3.90. The van der Waals surface area contributed by atoms with Gasteiger partial charge >= 0.3 is 0 Å². The number of carbonyl (C=O) groups excluding carboxylic acids is 1. The Labute approximate surface area is 132 Å². The van der Waals surface area contributed by atoms with Crippen LogP contribution in [-0.2, 0) is 0 Å². The van der Waals surface area contributed by atoms with Gasteiger partial charge in [-0.05, 0) is 52.9 Å². The first-order valence-corrected chi connectivity index (χ1v) is 8.12. The molecule has 0 radical (unpaired) electrons. The molecule has 5 heteroatoms. The molecule has 1 saturated carbocycles. The Balaban J connectivity index is 2.16. The van der Waals surface area contributed by atoms with E-state index in [2.05, 4.69) is 28.2 Å². The molecule has 0 heterocycles. The molecule has 1 aromatic carbocycles. The molecular formula is C15H18BrClFNO. The van der Waals surface area contributed by atoms with Crippen LogP contribution in [0.5, 0.6) is 0 Å². The van der Waals surface area contributed by atoms with Crippen molar-refractivity contribution in [2.24, 2.45) is 5.92 Å². The Kier molecular flexibility index (Phi) is 5.08. The van der Waals surface area contributed by atoms with E-state index in [9.17, 15) is 9.18 Å². The van der Waals surface area contributed by atoms with E-state index in [1.54, 1.807) is 0 Å². The molecule has 0 aromatic heterocycles. The summed E-state index contributed by atoms with van der Waals surface area (Å²) in [5, 5.41) is 3.07. The molecule has 0 aliphatic heterocycles. The number of alkyl halides is 1. The van der Waals surface area contributed by atoms with Gasteiger partial charge in [0.25, 0.3) is 5.91 Å². The van der Waals surface area contributed by atoms with Crippen LogP contribution in [0.4, 0.5) is 4.39 Å². The highest BCUT2D eigenvalue weighted by atomic mass is 79.9. The van der Waals surface area contributed by atoms with E-state index in [1.807, 2.05) is 0 Å². The number of amides is 1. The number of benzene rings is 1. The maximum absolute atomic E-state index is 13.1. The van der Waals surface area contributed by atoms with Crippen molar-refractivity contribution in [3.05, 3.63) is 34.1 Å². The third kappa shape index (κ3) is 3.53. The molecule has 1 aromatic rings. The molecule has 20 heavy (non-hydrogen) atoms. The number of hydrogen-bond donors (Lipinski definition) is 1. The molecule has 2 atom stereocenters. The van der Waals surface area contributed by atoms with E-state index in [4.69, 9.17) is 11.6 Å². The average Bonchev–Trinajstić information content (AvgIpc) is 2.38. The lowest BCUT2D eigenvalue weighted by molar-refractivity contribution is 0.0866. The lowest BCUT2D eigenvalue weighted by atomic mass is 9.77. The van der Waals surface area contributed by atoms with E-state index < -0.39 is 0 Å². The van der Waals surface area contributed by atoms with E-state index in [-0.39, 0.29) is 17.3 Å². The van der Waals surface area contributed by atoms with Gasteiger partial charge < -0.3 is 5.32 Å². The second-order valence-corrected chi connectivity index (χ2v) is 6.82. The molecular weight excluding hydrogens is 345 g/mol. The van der Waals surface area contributed by atoms with Crippen molar-refractivity contribution in [2.75, 3.05) is 5.88 Å². The lowest BCUT2D eigenvalue weighted by Gasteiger charge is -2.39. The Morgan fingerprint density at radius 3 is 2.95 bits per heavy atom. The Morgan fingerprint density at radius 2 is 2.35 bits per heavy atom. The van der Waals surface area contributed by atoms with Gasteiger partial charge in [-0.25, -0.2) is 4.39 Å². The van der Waals surface area contributed by atoms with Crippen molar-refractivity contribution >= 4 is 33.4 Å². The molecule has 110 valence electrons. The van der Waals surface area contributed by atoms with Crippen LogP contribution in [0.1, 0.15) is 43.0 Å². The van der Waals surface area contributed by atoms with E-state index in [1.165, 1.54) is 24.6 Å². The first-order valence-electron chi connectivity index (χ1n) is 6.79.